The van der Waals surface area contributed by atoms with Gasteiger partial charge in [0.15, 0.2) is 0 Å². The van der Waals surface area contributed by atoms with E-state index in [9.17, 15) is 4.79 Å². The Labute approximate surface area is 144 Å². The quantitative estimate of drug-likeness (QED) is 0.719. The molecule has 0 spiro atoms. The number of benzene rings is 2. The van der Waals surface area contributed by atoms with Gasteiger partial charge in [0, 0.05) is 40.1 Å². The van der Waals surface area contributed by atoms with Gasteiger partial charge in [-0.1, -0.05) is 46.9 Å². The van der Waals surface area contributed by atoms with Crippen LogP contribution in [0.4, 0.5) is 0 Å². The van der Waals surface area contributed by atoms with Gasteiger partial charge in [0.25, 0.3) is 0 Å². The second-order valence-corrected chi connectivity index (χ2v) is 6.60. The van der Waals surface area contributed by atoms with Gasteiger partial charge in [0.05, 0.1) is 0 Å². The van der Waals surface area contributed by atoms with E-state index < -0.39 is 0 Å². The molecule has 0 atom stereocenters. The minimum absolute atomic E-state index is 0.161. The van der Waals surface area contributed by atoms with Gasteiger partial charge in [0.1, 0.15) is 0 Å². The standard InChI is InChI=1S/C17H14Cl3NO/c18-13-5-3-11(4-6-13)12-8-15(19)14(16(20)9-12)10-21-7-1-2-17(21)22/h3-6,8-9H,1-2,7,10H2. The molecule has 1 amide bonds. The lowest BCUT2D eigenvalue weighted by atomic mass is 10.0. The minimum Gasteiger partial charge on any atom is -0.338 e. The first-order valence-electron chi connectivity index (χ1n) is 7.06. The van der Waals surface area contributed by atoms with Crippen LogP contribution in [0.5, 0.6) is 0 Å². The number of carbonyl (C=O) groups excluding carboxylic acids is 1. The van der Waals surface area contributed by atoms with Crippen LogP contribution in [0, 0.1) is 0 Å². The van der Waals surface area contributed by atoms with Crippen LogP contribution in [-0.4, -0.2) is 17.4 Å². The lowest BCUT2D eigenvalue weighted by molar-refractivity contribution is -0.128. The zero-order chi connectivity index (χ0) is 15.7. The Bertz CT molecular complexity index is 689. The Morgan fingerprint density at radius 2 is 1.59 bits per heavy atom. The topological polar surface area (TPSA) is 20.3 Å². The third-order valence-corrected chi connectivity index (χ3v) is 4.77. The maximum absolute atomic E-state index is 11.7. The molecule has 2 nitrogen and oxygen atoms in total. The van der Waals surface area contributed by atoms with E-state index in [-0.39, 0.29) is 5.91 Å². The minimum atomic E-state index is 0.161. The average Bonchev–Trinajstić information content (AvgIpc) is 2.89. The van der Waals surface area contributed by atoms with Crippen LogP contribution in [0.2, 0.25) is 15.1 Å². The molecule has 0 aromatic heterocycles. The van der Waals surface area contributed by atoms with Gasteiger partial charge < -0.3 is 4.90 Å². The highest BCUT2D eigenvalue weighted by Gasteiger charge is 2.22. The van der Waals surface area contributed by atoms with Gasteiger partial charge in [-0.2, -0.15) is 0 Å². The Morgan fingerprint density at radius 3 is 2.14 bits per heavy atom. The predicted octanol–water partition coefficient (Wildman–Crippen LogP) is 5.44. The maximum Gasteiger partial charge on any atom is 0.222 e. The van der Waals surface area contributed by atoms with Gasteiger partial charge in [-0.15, -0.1) is 0 Å². The van der Waals surface area contributed by atoms with E-state index in [1.54, 1.807) is 4.90 Å². The van der Waals surface area contributed by atoms with Crippen LogP contribution in [0.15, 0.2) is 36.4 Å². The summed E-state index contributed by atoms with van der Waals surface area (Å²) >= 11 is 18.7. The van der Waals surface area contributed by atoms with E-state index in [1.807, 2.05) is 36.4 Å². The monoisotopic (exact) mass is 353 g/mol. The molecular formula is C17H14Cl3NO. The first-order valence-corrected chi connectivity index (χ1v) is 8.19. The van der Waals surface area contributed by atoms with Crippen molar-refractivity contribution in [2.24, 2.45) is 0 Å². The average molecular weight is 355 g/mol. The summed E-state index contributed by atoms with van der Waals surface area (Å²) in [5, 5.41) is 1.85. The van der Waals surface area contributed by atoms with Crippen molar-refractivity contribution in [3.8, 4) is 11.1 Å². The largest absolute Gasteiger partial charge is 0.338 e. The number of likely N-dealkylation sites (tertiary alicyclic amines) is 1. The molecule has 1 aliphatic rings. The Morgan fingerprint density at radius 1 is 0.955 bits per heavy atom. The van der Waals surface area contributed by atoms with E-state index in [0.717, 1.165) is 29.7 Å². The molecule has 0 aliphatic carbocycles. The van der Waals surface area contributed by atoms with Crippen molar-refractivity contribution in [2.75, 3.05) is 6.54 Å². The Hall–Kier alpha value is -1.22. The van der Waals surface area contributed by atoms with Crippen LogP contribution in [0.1, 0.15) is 18.4 Å². The maximum atomic E-state index is 11.7. The van der Waals surface area contributed by atoms with Crippen LogP contribution in [0.25, 0.3) is 11.1 Å². The third-order valence-electron chi connectivity index (χ3n) is 3.84. The fourth-order valence-electron chi connectivity index (χ4n) is 2.63. The molecule has 5 heteroatoms. The molecule has 114 valence electrons. The summed E-state index contributed by atoms with van der Waals surface area (Å²) in [5.74, 6) is 0.161. The number of nitrogens with zero attached hydrogens (tertiary/aromatic N) is 1. The summed E-state index contributed by atoms with van der Waals surface area (Å²) < 4.78 is 0. The lowest BCUT2D eigenvalue weighted by Crippen LogP contribution is -2.24. The van der Waals surface area contributed by atoms with Gasteiger partial charge in [0.2, 0.25) is 5.91 Å². The zero-order valence-corrected chi connectivity index (χ0v) is 14.0. The highest BCUT2D eigenvalue weighted by molar-refractivity contribution is 6.36. The summed E-state index contributed by atoms with van der Waals surface area (Å²) in [7, 11) is 0. The van der Waals surface area contributed by atoms with E-state index in [2.05, 4.69) is 0 Å². The fourth-order valence-corrected chi connectivity index (χ4v) is 3.36. The van der Waals surface area contributed by atoms with Crippen molar-refractivity contribution in [2.45, 2.75) is 19.4 Å². The summed E-state index contributed by atoms with van der Waals surface area (Å²) in [4.78, 5) is 13.5. The predicted molar refractivity (Wildman–Crippen MR) is 91.6 cm³/mol. The molecule has 22 heavy (non-hydrogen) atoms. The third kappa shape index (κ3) is 3.24. The zero-order valence-electron chi connectivity index (χ0n) is 11.8. The van der Waals surface area contributed by atoms with Crippen molar-refractivity contribution in [3.63, 3.8) is 0 Å². The van der Waals surface area contributed by atoms with Gasteiger partial charge >= 0.3 is 0 Å². The van der Waals surface area contributed by atoms with E-state index >= 15 is 0 Å². The number of hydrogen-bond donors (Lipinski definition) is 0. The van der Waals surface area contributed by atoms with Crippen molar-refractivity contribution >= 4 is 40.7 Å². The lowest BCUT2D eigenvalue weighted by Gasteiger charge is -2.18. The molecule has 1 fully saturated rings. The van der Waals surface area contributed by atoms with Crippen molar-refractivity contribution < 1.29 is 4.79 Å². The van der Waals surface area contributed by atoms with Crippen molar-refractivity contribution in [1.29, 1.82) is 0 Å². The Kier molecular flexibility index (Phi) is 4.62. The van der Waals surface area contributed by atoms with Crippen LogP contribution >= 0.6 is 34.8 Å². The molecule has 0 saturated carbocycles. The van der Waals surface area contributed by atoms with E-state index in [4.69, 9.17) is 34.8 Å². The molecular weight excluding hydrogens is 341 g/mol. The normalized spacial score (nSPS) is 14.7. The molecule has 2 aromatic carbocycles. The van der Waals surface area contributed by atoms with Gasteiger partial charge in [-0.05, 0) is 41.8 Å². The Balaban J connectivity index is 1.91. The second kappa shape index (κ2) is 6.49. The molecule has 1 aliphatic heterocycles. The van der Waals surface area contributed by atoms with Crippen LogP contribution < -0.4 is 0 Å². The SMILES string of the molecule is O=C1CCCN1Cc1c(Cl)cc(-c2ccc(Cl)cc2)cc1Cl. The van der Waals surface area contributed by atoms with Gasteiger partial charge in [-0.3, -0.25) is 4.79 Å². The highest BCUT2D eigenvalue weighted by Crippen LogP contribution is 2.33. The second-order valence-electron chi connectivity index (χ2n) is 5.34. The molecule has 1 heterocycles. The number of hydrogen-bond acceptors (Lipinski definition) is 1. The first kappa shape index (κ1) is 15.7. The molecule has 0 N–H and O–H groups in total. The molecule has 0 radical (unpaired) electrons. The number of carbonyl (C=O) groups is 1. The molecule has 3 rings (SSSR count). The number of amides is 1. The summed E-state index contributed by atoms with van der Waals surface area (Å²) in [6, 6.07) is 11.3. The smallest absolute Gasteiger partial charge is 0.222 e. The first-order chi connectivity index (χ1) is 10.5. The van der Waals surface area contributed by atoms with Crippen molar-refractivity contribution in [1.82, 2.24) is 4.90 Å². The summed E-state index contributed by atoms with van der Waals surface area (Å²) in [6.07, 6.45) is 1.51. The summed E-state index contributed by atoms with van der Waals surface area (Å²) in [6.45, 7) is 1.24. The van der Waals surface area contributed by atoms with E-state index in [0.29, 0.717) is 28.0 Å². The highest BCUT2D eigenvalue weighted by atomic mass is 35.5. The van der Waals surface area contributed by atoms with Crippen molar-refractivity contribution in [3.05, 3.63) is 57.0 Å². The van der Waals surface area contributed by atoms with Crippen LogP contribution in [0.3, 0.4) is 0 Å². The molecule has 1 saturated heterocycles. The molecule has 0 bridgehead atoms. The number of halogens is 3. The molecule has 0 unspecified atom stereocenters. The van der Waals surface area contributed by atoms with Gasteiger partial charge in [-0.25, -0.2) is 0 Å². The van der Waals surface area contributed by atoms with Crippen LogP contribution in [-0.2, 0) is 11.3 Å². The fraction of sp³-hybridized carbons (Fsp3) is 0.235. The molecule has 2 aromatic rings. The summed E-state index contributed by atoms with van der Waals surface area (Å²) in [5.41, 5.74) is 2.73. The number of rotatable bonds is 3. The van der Waals surface area contributed by atoms with E-state index in [1.165, 1.54) is 0 Å².